The Morgan fingerprint density at radius 1 is 1.19 bits per heavy atom. The Labute approximate surface area is 126 Å². The van der Waals surface area contributed by atoms with Crippen LogP contribution in [0.3, 0.4) is 0 Å². The highest BCUT2D eigenvalue weighted by molar-refractivity contribution is 7.89. The minimum atomic E-state index is -3.60. The largest absolute Gasteiger partial charge is 0.240 e. The molecule has 0 saturated carbocycles. The summed E-state index contributed by atoms with van der Waals surface area (Å²) in [6.07, 6.45) is 2.58. The van der Waals surface area contributed by atoms with E-state index < -0.39 is 20.0 Å². The number of rotatable bonds is 5. The molecule has 21 heavy (non-hydrogen) atoms. The fourth-order valence-corrected chi connectivity index (χ4v) is 4.71. The van der Waals surface area contributed by atoms with Crippen molar-refractivity contribution in [2.75, 3.05) is 19.3 Å². The van der Waals surface area contributed by atoms with Crippen LogP contribution in [0, 0.1) is 6.92 Å². The Bertz CT molecular complexity index is 696. The molecule has 0 amide bonds. The van der Waals surface area contributed by atoms with Crippen LogP contribution in [-0.2, 0) is 20.0 Å². The van der Waals surface area contributed by atoms with Crippen molar-refractivity contribution < 1.29 is 16.8 Å². The number of nitrogens with one attached hydrogen (secondary N) is 1. The quantitative estimate of drug-likeness (QED) is 0.860. The molecule has 118 valence electrons. The number of hydrogen-bond donors (Lipinski definition) is 1. The van der Waals surface area contributed by atoms with Crippen LogP contribution < -0.4 is 4.72 Å². The Morgan fingerprint density at radius 3 is 2.38 bits per heavy atom. The molecule has 1 aliphatic rings. The average Bonchev–Trinajstić information content (AvgIpc) is 2.85. The van der Waals surface area contributed by atoms with Gasteiger partial charge in [0.25, 0.3) is 0 Å². The normalized spacial score (nSPS) is 20.8. The molecular formula is C13H20N2O4S2. The van der Waals surface area contributed by atoms with Gasteiger partial charge in [0.1, 0.15) is 0 Å². The Balaban J connectivity index is 2.07. The summed E-state index contributed by atoms with van der Waals surface area (Å²) >= 11 is 0. The summed E-state index contributed by atoms with van der Waals surface area (Å²) in [7, 11) is -6.90. The maximum atomic E-state index is 12.2. The van der Waals surface area contributed by atoms with Crippen molar-refractivity contribution in [2.45, 2.75) is 30.7 Å². The highest BCUT2D eigenvalue weighted by atomic mass is 32.2. The van der Waals surface area contributed by atoms with Crippen LogP contribution in [-0.4, -0.2) is 46.5 Å². The fraction of sp³-hybridized carbons (Fsp3) is 0.538. The van der Waals surface area contributed by atoms with Crippen molar-refractivity contribution in [1.82, 2.24) is 9.03 Å². The highest BCUT2D eigenvalue weighted by Gasteiger charge is 2.32. The van der Waals surface area contributed by atoms with Crippen molar-refractivity contribution >= 4 is 20.0 Å². The second-order valence-electron chi connectivity index (χ2n) is 5.33. The molecule has 0 radical (unpaired) electrons. The predicted molar refractivity (Wildman–Crippen MR) is 80.9 cm³/mol. The van der Waals surface area contributed by atoms with Gasteiger partial charge in [-0.05, 0) is 31.9 Å². The van der Waals surface area contributed by atoms with E-state index in [4.69, 9.17) is 0 Å². The van der Waals surface area contributed by atoms with Crippen LogP contribution in [0.15, 0.2) is 29.2 Å². The molecule has 0 bridgehead atoms. The lowest BCUT2D eigenvalue weighted by atomic mass is 10.2. The van der Waals surface area contributed by atoms with E-state index in [9.17, 15) is 16.8 Å². The molecule has 1 saturated heterocycles. The van der Waals surface area contributed by atoms with E-state index in [-0.39, 0.29) is 17.5 Å². The Hall–Kier alpha value is -0.960. The van der Waals surface area contributed by atoms with E-state index in [1.165, 1.54) is 4.31 Å². The first-order valence-electron chi connectivity index (χ1n) is 6.73. The molecule has 1 N–H and O–H groups in total. The zero-order valence-corrected chi connectivity index (χ0v) is 13.7. The third-order valence-corrected chi connectivity index (χ3v) is 6.36. The minimum absolute atomic E-state index is 0.100. The molecule has 1 unspecified atom stereocenters. The van der Waals surface area contributed by atoms with Gasteiger partial charge in [-0.1, -0.05) is 17.7 Å². The van der Waals surface area contributed by atoms with E-state index in [0.717, 1.165) is 18.2 Å². The molecular weight excluding hydrogens is 312 g/mol. The van der Waals surface area contributed by atoms with E-state index in [1.807, 2.05) is 6.92 Å². The molecule has 8 heteroatoms. The van der Waals surface area contributed by atoms with Crippen molar-refractivity contribution in [2.24, 2.45) is 0 Å². The first-order valence-corrected chi connectivity index (χ1v) is 10.1. The second kappa shape index (κ2) is 6.04. The molecule has 2 rings (SSSR count). The number of aryl methyl sites for hydroxylation is 1. The monoisotopic (exact) mass is 332 g/mol. The maximum Gasteiger partial charge on any atom is 0.240 e. The number of benzene rings is 1. The van der Waals surface area contributed by atoms with Gasteiger partial charge >= 0.3 is 0 Å². The summed E-state index contributed by atoms with van der Waals surface area (Å²) in [5.41, 5.74) is 0.980. The number of sulfonamides is 2. The molecule has 1 atom stereocenters. The van der Waals surface area contributed by atoms with Gasteiger partial charge < -0.3 is 0 Å². The molecule has 1 fully saturated rings. The van der Waals surface area contributed by atoms with Gasteiger partial charge in [0.05, 0.1) is 11.2 Å². The zero-order chi connectivity index (χ0) is 15.7. The molecule has 0 spiro atoms. The molecule has 1 aliphatic heterocycles. The molecule has 0 aliphatic carbocycles. The first-order chi connectivity index (χ1) is 9.70. The van der Waals surface area contributed by atoms with Gasteiger partial charge in [-0.25, -0.2) is 21.6 Å². The van der Waals surface area contributed by atoms with Gasteiger partial charge in [-0.3, -0.25) is 0 Å². The number of hydrogen-bond acceptors (Lipinski definition) is 4. The predicted octanol–water partition coefficient (Wildman–Crippen LogP) is 0.697. The standard InChI is InChI=1S/C13H20N2O4S2/c1-11-5-7-13(8-6-11)21(18,19)14-10-12-4-3-9-15(12)20(2,16)17/h5-8,12,14H,3-4,9-10H2,1-2H3. The van der Waals surface area contributed by atoms with Crippen LogP contribution in [0.25, 0.3) is 0 Å². The molecule has 1 heterocycles. The van der Waals surface area contributed by atoms with E-state index in [1.54, 1.807) is 24.3 Å². The Morgan fingerprint density at radius 2 is 1.81 bits per heavy atom. The van der Waals surface area contributed by atoms with Crippen LogP contribution in [0.5, 0.6) is 0 Å². The molecule has 1 aromatic carbocycles. The summed E-state index contributed by atoms with van der Waals surface area (Å²) in [5, 5.41) is 0. The van der Waals surface area contributed by atoms with Gasteiger partial charge in [0.15, 0.2) is 0 Å². The summed E-state index contributed by atoms with van der Waals surface area (Å²) < 4.78 is 51.5. The summed E-state index contributed by atoms with van der Waals surface area (Å²) in [6, 6.07) is 6.24. The van der Waals surface area contributed by atoms with Gasteiger partial charge in [0, 0.05) is 19.1 Å². The third kappa shape index (κ3) is 4.03. The van der Waals surface area contributed by atoms with Crippen LogP contribution in [0.2, 0.25) is 0 Å². The first kappa shape index (κ1) is 16.4. The van der Waals surface area contributed by atoms with Gasteiger partial charge in [-0.15, -0.1) is 0 Å². The van der Waals surface area contributed by atoms with Crippen LogP contribution in [0.4, 0.5) is 0 Å². The lowest BCUT2D eigenvalue weighted by Gasteiger charge is -2.22. The Kier molecular flexibility index (Phi) is 4.72. The molecule has 0 aromatic heterocycles. The molecule has 1 aromatic rings. The van der Waals surface area contributed by atoms with Crippen LogP contribution >= 0.6 is 0 Å². The lowest BCUT2D eigenvalue weighted by molar-refractivity contribution is 0.388. The average molecular weight is 332 g/mol. The maximum absolute atomic E-state index is 12.2. The van der Waals surface area contributed by atoms with E-state index >= 15 is 0 Å². The number of nitrogens with zero attached hydrogens (tertiary/aromatic N) is 1. The smallest absolute Gasteiger partial charge is 0.212 e. The highest BCUT2D eigenvalue weighted by Crippen LogP contribution is 2.20. The van der Waals surface area contributed by atoms with Crippen molar-refractivity contribution in [1.29, 1.82) is 0 Å². The SMILES string of the molecule is Cc1ccc(S(=O)(=O)NCC2CCCN2S(C)(=O)=O)cc1. The van der Waals surface area contributed by atoms with E-state index in [0.29, 0.717) is 13.0 Å². The summed E-state index contributed by atoms with van der Waals surface area (Å²) in [5.74, 6) is 0. The topological polar surface area (TPSA) is 83.6 Å². The van der Waals surface area contributed by atoms with Crippen molar-refractivity contribution in [3.8, 4) is 0 Å². The third-order valence-electron chi connectivity index (χ3n) is 3.59. The van der Waals surface area contributed by atoms with Crippen molar-refractivity contribution in [3.63, 3.8) is 0 Å². The van der Waals surface area contributed by atoms with E-state index in [2.05, 4.69) is 4.72 Å². The van der Waals surface area contributed by atoms with Crippen molar-refractivity contribution in [3.05, 3.63) is 29.8 Å². The molecule has 6 nitrogen and oxygen atoms in total. The second-order valence-corrected chi connectivity index (χ2v) is 9.04. The zero-order valence-electron chi connectivity index (χ0n) is 12.1. The fourth-order valence-electron chi connectivity index (χ4n) is 2.46. The minimum Gasteiger partial charge on any atom is -0.212 e. The lowest BCUT2D eigenvalue weighted by Crippen LogP contribution is -2.42. The van der Waals surface area contributed by atoms with Crippen LogP contribution in [0.1, 0.15) is 18.4 Å². The van der Waals surface area contributed by atoms with Gasteiger partial charge in [0.2, 0.25) is 20.0 Å². The summed E-state index contributed by atoms with van der Waals surface area (Å²) in [4.78, 5) is 0.192. The van der Waals surface area contributed by atoms with Gasteiger partial charge in [-0.2, -0.15) is 4.31 Å². The summed E-state index contributed by atoms with van der Waals surface area (Å²) in [6.45, 7) is 2.44.